The van der Waals surface area contributed by atoms with Crippen LogP contribution in [0.3, 0.4) is 0 Å². The molecule has 0 aliphatic rings. The van der Waals surface area contributed by atoms with E-state index in [1.165, 1.54) is 0 Å². The Morgan fingerprint density at radius 2 is 2.38 bits per heavy atom. The molecule has 8 heavy (non-hydrogen) atoms. The summed E-state index contributed by atoms with van der Waals surface area (Å²) in [5, 5.41) is 19.4. The molecule has 1 unspecified atom stereocenters. The van der Waals surface area contributed by atoms with Crippen molar-refractivity contribution in [3.05, 3.63) is 10.1 Å². The number of hydrogen-bond donors (Lipinski definition) is 0. The molecule has 0 saturated heterocycles. The van der Waals surface area contributed by atoms with E-state index in [1.807, 2.05) is 0 Å². The maximum atomic E-state index is 9.74. The summed E-state index contributed by atoms with van der Waals surface area (Å²) in [5.74, 6) is 0. The second-order valence-corrected chi connectivity index (χ2v) is 1.14. The number of nitro groups is 1. The SMILES string of the molecule is COC(C[O])[N+](=O)[O-]. The second kappa shape index (κ2) is 3.34. The average molecular weight is 120 g/mol. The van der Waals surface area contributed by atoms with Gasteiger partial charge in [0.1, 0.15) is 0 Å². The van der Waals surface area contributed by atoms with Gasteiger partial charge in [-0.05, 0) is 0 Å². The van der Waals surface area contributed by atoms with Crippen LogP contribution in [0.2, 0.25) is 0 Å². The molecule has 0 aromatic rings. The smallest absolute Gasteiger partial charge is 0.319 e. The number of ether oxygens (including phenoxy) is 1. The molecule has 0 bridgehead atoms. The van der Waals surface area contributed by atoms with Gasteiger partial charge >= 0.3 is 6.23 Å². The molecule has 0 aromatic heterocycles. The third-order valence-corrected chi connectivity index (χ3v) is 0.650. The summed E-state index contributed by atoms with van der Waals surface area (Å²) in [6.45, 7) is -0.830. The van der Waals surface area contributed by atoms with Gasteiger partial charge in [-0.15, -0.1) is 0 Å². The van der Waals surface area contributed by atoms with E-state index in [1.54, 1.807) is 0 Å². The van der Waals surface area contributed by atoms with Crippen LogP contribution in [-0.4, -0.2) is 24.9 Å². The van der Waals surface area contributed by atoms with Gasteiger partial charge in [-0.3, -0.25) is 10.1 Å². The summed E-state index contributed by atoms with van der Waals surface area (Å²) in [7, 11) is 1.13. The monoisotopic (exact) mass is 120 g/mol. The Kier molecular flexibility index (Phi) is 3.05. The molecular weight excluding hydrogens is 114 g/mol. The molecule has 0 rings (SSSR count). The Labute approximate surface area is 46.0 Å². The molecular formula is C3H6NO4. The Bertz CT molecular complexity index is 79.4. The van der Waals surface area contributed by atoms with Crippen molar-refractivity contribution >= 4 is 0 Å². The Morgan fingerprint density at radius 3 is 2.38 bits per heavy atom. The lowest BCUT2D eigenvalue weighted by Gasteiger charge is -1.99. The topological polar surface area (TPSA) is 72.3 Å². The Hall–Kier alpha value is -0.680. The first-order chi connectivity index (χ1) is 3.72. The van der Waals surface area contributed by atoms with Crippen molar-refractivity contribution in [1.29, 1.82) is 0 Å². The minimum absolute atomic E-state index is 0.757. The molecule has 47 valence electrons. The lowest BCUT2D eigenvalue weighted by atomic mass is 10.6. The minimum atomic E-state index is -1.38. The normalized spacial score (nSPS) is 13.2. The predicted molar refractivity (Wildman–Crippen MR) is 23.3 cm³/mol. The molecule has 1 radical (unpaired) electrons. The molecule has 1 atom stereocenters. The summed E-state index contributed by atoms with van der Waals surface area (Å²) < 4.78 is 4.15. The summed E-state index contributed by atoms with van der Waals surface area (Å²) in [6.07, 6.45) is -1.38. The van der Waals surface area contributed by atoms with E-state index < -0.39 is 17.8 Å². The van der Waals surface area contributed by atoms with Gasteiger partial charge in [0.2, 0.25) is 0 Å². The zero-order valence-electron chi connectivity index (χ0n) is 4.36. The number of rotatable bonds is 3. The Balaban J connectivity index is 3.52. The van der Waals surface area contributed by atoms with Crippen molar-refractivity contribution in [2.45, 2.75) is 6.23 Å². The largest absolute Gasteiger partial charge is 0.341 e. The standard InChI is InChI=1S/C3H6NO4/c1-8-3(2-5)4(6)7/h3H,2H2,1H3. The van der Waals surface area contributed by atoms with Crippen molar-refractivity contribution in [3.8, 4) is 0 Å². The van der Waals surface area contributed by atoms with E-state index in [0.29, 0.717) is 0 Å². The average Bonchev–Trinajstić information content (AvgIpc) is 1.69. The second-order valence-electron chi connectivity index (χ2n) is 1.14. The molecule has 0 aliphatic heterocycles. The van der Waals surface area contributed by atoms with Gasteiger partial charge < -0.3 is 4.74 Å². The third-order valence-electron chi connectivity index (χ3n) is 0.650. The molecule has 0 saturated carbocycles. The highest BCUT2D eigenvalue weighted by atomic mass is 16.7. The van der Waals surface area contributed by atoms with Crippen LogP contribution in [0.4, 0.5) is 0 Å². The lowest BCUT2D eigenvalue weighted by molar-refractivity contribution is -0.577. The third kappa shape index (κ3) is 1.85. The molecule has 5 heteroatoms. The maximum Gasteiger partial charge on any atom is 0.341 e. The highest BCUT2D eigenvalue weighted by molar-refractivity contribution is 4.31. The van der Waals surface area contributed by atoms with Crippen LogP contribution in [0.1, 0.15) is 0 Å². The Morgan fingerprint density at radius 1 is 1.88 bits per heavy atom. The zero-order valence-corrected chi connectivity index (χ0v) is 4.36. The van der Waals surface area contributed by atoms with Crippen molar-refractivity contribution in [2.24, 2.45) is 0 Å². The van der Waals surface area contributed by atoms with Crippen LogP contribution in [0.15, 0.2) is 0 Å². The van der Waals surface area contributed by atoms with Crippen molar-refractivity contribution < 1.29 is 14.8 Å². The fraction of sp³-hybridized carbons (Fsp3) is 1.00. The molecule has 0 aromatic carbocycles. The molecule has 0 heterocycles. The van der Waals surface area contributed by atoms with E-state index in [-0.39, 0.29) is 0 Å². The van der Waals surface area contributed by atoms with Gasteiger partial charge in [0.25, 0.3) is 0 Å². The quantitative estimate of drug-likeness (QED) is 0.290. The van der Waals surface area contributed by atoms with Gasteiger partial charge in [0.05, 0.1) is 4.92 Å². The summed E-state index contributed by atoms with van der Waals surface area (Å²) in [6, 6.07) is 0. The van der Waals surface area contributed by atoms with Crippen LogP contribution in [0.5, 0.6) is 0 Å². The highest BCUT2D eigenvalue weighted by Gasteiger charge is 2.16. The first-order valence-electron chi connectivity index (χ1n) is 1.96. The number of nitrogens with zero attached hydrogens (tertiary/aromatic N) is 1. The molecule has 0 amide bonds. The van der Waals surface area contributed by atoms with Crippen molar-refractivity contribution in [1.82, 2.24) is 0 Å². The van der Waals surface area contributed by atoms with Gasteiger partial charge in [-0.2, -0.15) is 0 Å². The van der Waals surface area contributed by atoms with E-state index in [2.05, 4.69) is 4.74 Å². The molecule has 0 N–H and O–H groups in total. The van der Waals surface area contributed by atoms with Gasteiger partial charge in [0.15, 0.2) is 6.61 Å². The van der Waals surface area contributed by atoms with Crippen LogP contribution in [-0.2, 0) is 9.84 Å². The van der Waals surface area contributed by atoms with E-state index in [4.69, 9.17) is 0 Å². The lowest BCUT2D eigenvalue weighted by Crippen LogP contribution is -2.24. The van der Waals surface area contributed by atoms with Gasteiger partial charge in [0, 0.05) is 7.11 Å². The molecule has 0 aliphatic carbocycles. The maximum absolute atomic E-state index is 9.74. The predicted octanol–water partition coefficient (Wildman–Crippen LogP) is -0.334. The van der Waals surface area contributed by atoms with Crippen molar-refractivity contribution in [2.75, 3.05) is 13.7 Å². The van der Waals surface area contributed by atoms with E-state index in [9.17, 15) is 15.2 Å². The van der Waals surface area contributed by atoms with Crippen LogP contribution < -0.4 is 0 Å². The summed E-state index contributed by atoms with van der Waals surface area (Å²) in [5.41, 5.74) is 0. The van der Waals surface area contributed by atoms with Crippen LogP contribution in [0.25, 0.3) is 0 Å². The minimum Gasteiger partial charge on any atom is -0.319 e. The number of methoxy groups -OCH3 is 1. The molecule has 5 nitrogen and oxygen atoms in total. The van der Waals surface area contributed by atoms with Gasteiger partial charge in [-0.1, -0.05) is 0 Å². The fourth-order valence-corrected chi connectivity index (χ4v) is 0.215. The van der Waals surface area contributed by atoms with E-state index >= 15 is 0 Å². The highest BCUT2D eigenvalue weighted by Crippen LogP contribution is 1.86. The molecule has 0 spiro atoms. The zero-order chi connectivity index (χ0) is 6.57. The van der Waals surface area contributed by atoms with Crippen LogP contribution in [0, 0.1) is 10.1 Å². The fourth-order valence-electron chi connectivity index (χ4n) is 0.215. The van der Waals surface area contributed by atoms with Crippen molar-refractivity contribution in [3.63, 3.8) is 0 Å². The summed E-state index contributed by atoms with van der Waals surface area (Å²) in [4.78, 5) is 8.89. The molecule has 0 fully saturated rings. The summed E-state index contributed by atoms with van der Waals surface area (Å²) >= 11 is 0. The van der Waals surface area contributed by atoms with Gasteiger partial charge in [-0.25, -0.2) is 5.11 Å². The first-order valence-corrected chi connectivity index (χ1v) is 1.96. The van der Waals surface area contributed by atoms with E-state index in [0.717, 1.165) is 7.11 Å². The van der Waals surface area contributed by atoms with Crippen LogP contribution >= 0.6 is 0 Å². The first kappa shape index (κ1) is 7.32. The number of hydrogen-bond acceptors (Lipinski definition) is 3.